The highest BCUT2D eigenvalue weighted by atomic mass is 31.2. The summed E-state index contributed by atoms with van der Waals surface area (Å²) in [5.74, 6) is 0.156. The van der Waals surface area contributed by atoms with Crippen LogP contribution in [0.5, 0.6) is 0 Å². The molecule has 34 heavy (non-hydrogen) atoms. The van der Waals surface area contributed by atoms with E-state index in [-0.39, 0.29) is 11.5 Å². The molecule has 0 aromatic heterocycles. The second-order valence-corrected chi connectivity index (χ2v) is 12.2. The summed E-state index contributed by atoms with van der Waals surface area (Å²) < 4.78 is 21.1. The third kappa shape index (κ3) is 10.7. The third-order valence-electron chi connectivity index (χ3n) is 5.96. The van der Waals surface area contributed by atoms with E-state index in [1.54, 1.807) is 4.90 Å². The molecule has 1 unspecified atom stereocenters. The highest BCUT2D eigenvalue weighted by Gasteiger charge is 2.31. The molecule has 0 aliphatic carbocycles. The van der Waals surface area contributed by atoms with Crippen LogP contribution in [0.4, 0.5) is 0 Å². The number of nitrogens with zero attached hydrogens (tertiary/aromatic N) is 2. The first kappa shape index (κ1) is 31.0. The van der Waals surface area contributed by atoms with E-state index in [0.29, 0.717) is 44.9 Å². The lowest BCUT2D eigenvalue weighted by Gasteiger charge is -2.36. The molecule has 196 valence electrons. The van der Waals surface area contributed by atoms with Crippen molar-refractivity contribution in [1.82, 2.24) is 9.57 Å². The molecule has 0 aliphatic rings. The molecule has 0 aliphatic heterocycles. The van der Waals surface area contributed by atoms with Crippen molar-refractivity contribution in [2.24, 2.45) is 5.41 Å². The monoisotopic (exact) mass is 496 g/mol. The van der Waals surface area contributed by atoms with Crippen LogP contribution in [0, 0.1) is 5.41 Å². The van der Waals surface area contributed by atoms with Crippen molar-refractivity contribution in [3.63, 3.8) is 0 Å². The van der Waals surface area contributed by atoms with Gasteiger partial charge in [0.1, 0.15) is 0 Å². The largest absolute Gasteiger partial charge is 0.375 e. The Morgan fingerprint density at radius 3 is 2.06 bits per heavy atom. The number of carbonyl (C=O) groups is 1. The Hall–Kier alpha value is -1.04. The molecule has 1 rings (SSSR count). The molecule has 6 nitrogen and oxygen atoms in total. The molecule has 0 N–H and O–H groups in total. The van der Waals surface area contributed by atoms with E-state index in [0.717, 1.165) is 12.0 Å². The second kappa shape index (κ2) is 14.5. The van der Waals surface area contributed by atoms with Gasteiger partial charge in [-0.3, -0.25) is 4.79 Å². The highest BCUT2D eigenvalue weighted by Crippen LogP contribution is 2.47. The lowest BCUT2D eigenvalue weighted by Crippen LogP contribution is -2.39. The van der Waals surface area contributed by atoms with E-state index < -0.39 is 13.9 Å². The fourth-order valence-electron chi connectivity index (χ4n) is 3.64. The molecule has 1 amide bonds. The van der Waals surface area contributed by atoms with Gasteiger partial charge in [0.15, 0.2) is 0 Å². The van der Waals surface area contributed by atoms with Crippen LogP contribution in [0.15, 0.2) is 30.3 Å². The van der Waals surface area contributed by atoms with Crippen LogP contribution < -0.4 is 0 Å². The van der Waals surface area contributed by atoms with Crippen LogP contribution in [0.3, 0.4) is 0 Å². The van der Waals surface area contributed by atoms with E-state index in [1.807, 2.05) is 46.0 Å². The molecule has 1 atom stereocenters. The normalized spacial score (nSPS) is 13.7. The summed E-state index contributed by atoms with van der Waals surface area (Å²) in [6.45, 7) is 21.2. The third-order valence-corrected chi connectivity index (χ3v) is 8.01. The van der Waals surface area contributed by atoms with Gasteiger partial charge in [-0.15, -0.1) is 0 Å². The standard InChI is InChI=1S/C27H49N2O4P/c1-11-28(10)25(30)26(6,7)17-19-31-27(8,9)18-20-32-34(29(22(2)3)23(4)5)33-21-24-15-13-12-14-16-24/h12-16,22-23H,11,17-21H2,1-10H3. The first-order valence-corrected chi connectivity index (χ1v) is 13.7. The Kier molecular flexibility index (Phi) is 13.2. The minimum atomic E-state index is -1.20. The van der Waals surface area contributed by atoms with Crippen molar-refractivity contribution in [1.29, 1.82) is 0 Å². The molecule has 0 saturated heterocycles. The van der Waals surface area contributed by atoms with Crippen LogP contribution in [0.25, 0.3) is 0 Å². The van der Waals surface area contributed by atoms with Gasteiger partial charge in [0.25, 0.3) is 8.53 Å². The van der Waals surface area contributed by atoms with Gasteiger partial charge in [-0.2, -0.15) is 0 Å². The number of rotatable bonds is 16. The summed E-state index contributed by atoms with van der Waals surface area (Å²) in [7, 11) is 0.648. The quantitative estimate of drug-likeness (QED) is 0.240. The van der Waals surface area contributed by atoms with Gasteiger partial charge < -0.3 is 18.7 Å². The Labute approximate surface area is 210 Å². The fourth-order valence-corrected chi connectivity index (χ4v) is 5.24. The average molecular weight is 497 g/mol. The van der Waals surface area contributed by atoms with Crippen LogP contribution in [-0.4, -0.2) is 60.0 Å². The molecule has 0 bridgehead atoms. The smallest absolute Gasteiger partial charge is 0.259 e. The number of hydrogen-bond donors (Lipinski definition) is 0. The van der Waals surface area contributed by atoms with Gasteiger partial charge in [-0.05, 0) is 66.9 Å². The minimum Gasteiger partial charge on any atom is -0.375 e. The highest BCUT2D eigenvalue weighted by molar-refractivity contribution is 7.44. The summed E-state index contributed by atoms with van der Waals surface area (Å²) >= 11 is 0. The zero-order chi connectivity index (χ0) is 25.9. The maximum Gasteiger partial charge on any atom is 0.259 e. The number of carbonyl (C=O) groups excluding carboxylic acids is 1. The van der Waals surface area contributed by atoms with Crippen molar-refractivity contribution < 1.29 is 18.6 Å². The van der Waals surface area contributed by atoms with Gasteiger partial charge in [-0.1, -0.05) is 44.2 Å². The maximum absolute atomic E-state index is 12.6. The number of benzene rings is 1. The fraction of sp³-hybridized carbons (Fsp3) is 0.741. The summed E-state index contributed by atoms with van der Waals surface area (Å²) in [4.78, 5) is 14.3. The topological polar surface area (TPSA) is 51.2 Å². The Balaban J connectivity index is 2.64. The lowest BCUT2D eigenvalue weighted by atomic mass is 9.88. The lowest BCUT2D eigenvalue weighted by molar-refractivity contribution is -0.140. The van der Waals surface area contributed by atoms with E-state index in [2.05, 4.69) is 58.3 Å². The number of ether oxygens (including phenoxy) is 1. The van der Waals surface area contributed by atoms with Gasteiger partial charge in [-0.25, -0.2) is 4.67 Å². The summed E-state index contributed by atoms with van der Waals surface area (Å²) in [6.07, 6.45) is 1.43. The minimum absolute atomic E-state index is 0.156. The van der Waals surface area contributed by atoms with Crippen molar-refractivity contribution >= 4 is 14.4 Å². The zero-order valence-corrected chi connectivity index (χ0v) is 24.2. The van der Waals surface area contributed by atoms with Crippen LogP contribution >= 0.6 is 8.53 Å². The van der Waals surface area contributed by atoms with Gasteiger partial charge in [0.2, 0.25) is 5.91 Å². The number of amides is 1. The van der Waals surface area contributed by atoms with E-state index in [4.69, 9.17) is 13.8 Å². The van der Waals surface area contributed by atoms with Crippen LogP contribution in [-0.2, 0) is 25.2 Å². The Morgan fingerprint density at radius 2 is 1.53 bits per heavy atom. The second-order valence-electron chi connectivity index (χ2n) is 10.7. The predicted molar refractivity (Wildman–Crippen MR) is 143 cm³/mol. The summed E-state index contributed by atoms with van der Waals surface area (Å²) in [5, 5.41) is 0. The SMILES string of the molecule is CCN(C)C(=O)C(C)(C)CCOC(C)(C)CCOP(OCc1ccccc1)N(C(C)C)C(C)C. The molecular weight excluding hydrogens is 447 g/mol. The van der Waals surface area contributed by atoms with Crippen molar-refractivity contribution in [2.45, 2.75) is 99.4 Å². The van der Waals surface area contributed by atoms with Gasteiger partial charge >= 0.3 is 0 Å². The van der Waals surface area contributed by atoms with E-state index >= 15 is 0 Å². The molecular formula is C27H49N2O4P. The molecule has 0 spiro atoms. The Bertz CT molecular complexity index is 702. The summed E-state index contributed by atoms with van der Waals surface area (Å²) in [5.41, 5.74) is 0.350. The molecule has 1 aromatic carbocycles. The predicted octanol–water partition coefficient (Wildman–Crippen LogP) is 6.65. The maximum atomic E-state index is 12.6. The van der Waals surface area contributed by atoms with Crippen LogP contribution in [0.1, 0.15) is 80.7 Å². The van der Waals surface area contributed by atoms with Crippen molar-refractivity contribution in [3.05, 3.63) is 35.9 Å². The van der Waals surface area contributed by atoms with Crippen LogP contribution in [0.2, 0.25) is 0 Å². The number of hydrogen-bond acceptors (Lipinski definition) is 5. The Morgan fingerprint density at radius 1 is 0.941 bits per heavy atom. The van der Waals surface area contributed by atoms with E-state index in [1.165, 1.54) is 0 Å². The first-order chi connectivity index (χ1) is 15.8. The molecule has 0 heterocycles. The average Bonchev–Trinajstić information content (AvgIpc) is 2.75. The molecule has 0 saturated carbocycles. The molecule has 7 heteroatoms. The summed E-state index contributed by atoms with van der Waals surface area (Å²) in [6, 6.07) is 10.8. The zero-order valence-electron chi connectivity index (χ0n) is 23.3. The van der Waals surface area contributed by atoms with Crippen molar-refractivity contribution in [3.8, 4) is 0 Å². The van der Waals surface area contributed by atoms with Gasteiger partial charge in [0.05, 0.1) is 18.8 Å². The molecule has 0 fully saturated rings. The van der Waals surface area contributed by atoms with E-state index in [9.17, 15) is 4.79 Å². The first-order valence-electron chi connectivity index (χ1n) is 12.6. The molecule has 0 radical (unpaired) electrons. The van der Waals surface area contributed by atoms with Gasteiger partial charge in [0, 0.05) is 37.7 Å². The molecule has 1 aromatic rings. The van der Waals surface area contributed by atoms with Crippen molar-refractivity contribution in [2.75, 3.05) is 26.8 Å².